The Bertz CT molecular complexity index is 1090. The van der Waals surface area contributed by atoms with Crippen LogP contribution in [0.1, 0.15) is 22.4 Å². The molecule has 0 atom stereocenters. The highest BCUT2D eigenvalue weighted by atomic mass is 35.5. The number of rotatable bonds is 5. The van der Waals surface area contributed by atoms with Crippen LogP contribution < -0.4 is 4.74 Å². The Balaban J connectivity index is 1.57. The number of fused-ring (bicyclic) bond motifs is 1. The van der Waals surface area contributed by atoms with E-state index < -0.39 is 0 Å². The van der Waals surface area contributed by atoms with Crippen molar-refractivity contribution >= 4 is 34.2 Å². The van der Waals surface area contributed by atoms with Crippen LogP contribution in [0.2, 0.25) is 10.3 Å². The van der Waals surface area contributed by atoms with Gasteiger partial charge in [-0.25, -0.2) is 15.0 Å². The minimum absolute atomic E-state index is 0.457. The molecule has 0 unspecified atom stereocenters. The molecule has 4 rings (SSSR count). The van der Waals surface area contributed by atoms with Crippen LogP contribution in [0.15, 0.2) is 48.9 Å². The van der Waals surface area contributed by atoms with Crippen molar-refractivity contribution in [1.82, 2.24) is 19.9 Å². The third-order valence-corrected chi connectivity index (χ3v) is 4.77. The van der Waals surface area contributed by atoms with Crippen LogP contribution in [0.5, 0.6) is 5.75 Å². The molecular weight excluding hydrogens is 383 g/mol. The molecule has 1 radical (unpaired) electrons. The molecule has 4 aromatic rings. The molecule has 4 aromatic heterocycles. The van der Waals surface area contributed by atoms with Gasteiger partial charge in [-0.05, 0) is 34.9 Å². The van der Waals surface area contributed by atoms with Gasteiger partial charge in [0.25, 0.3) is 0 Å². The van der Waals surface area contributed by atoms with E-state index in [-0.39, 0.29) is 0 Å². The van der Waals surface area contributed by atoms with Crippen molar-refractivity contribution in [3.05, 3.63) is 88.0 Å². The third kappa shape index (κ3) is 3.89. The maximum atomic E-state index is 6.43. The predicted molar refractivity (Wildman–Crippen MR) is 106 cm³/mol. The summed E-state index contributed by atoms with van der Waals surface area (Å²) in [7, 11) is 1.63. The zero-order chi connectivity index (χ0) is 18.8. The van der Waals surface area contributed by atoms with Crippen molar-refractivity contribution in [3.63, 3.8) is 0 Å². The maximum absolute atomic E-state index is 6.43. The van der Waals surface area contributed by atoms with Crippen molar-refractivity contribution in [2.24, 2.45) is 0 Å². The van der Waals surface area contributed by atoms with Gasteiger partial charge in [-0.2, -0.15) is 0 Å². The van der Waals surface area contributed by atoms with Gasteiger partial charge in [-0.3, -0.25) is 0 Å². The molecule has 135 valence electrons. The molecule has 0 fully saturated rings. The van der Waals surface area contributed by atoms with Crippen LogP contribution in [-0.2, 0) is 6.42 Å². The van der Waals surface area contributed by atoms with Crippen LogP contribution >= 0.6 is 23.2 Å². The number of H-pyrrole nitrogens is 1. The van der Waals surface area contributed by atoms with Crippen molar-refractivity contribution < 1.29 is 4.74 Å². The van der Waals surface area contributed by atoms with Crippen LogP contribution in [0.25, 0.3) is 11.0 Å². The monoisotopic (exact) mass is 397 g/mol. The van der Waals surface area contributed by atoms with Gasteiger partial charge in [0.2, 0.25) is 0 Å². The number of aromatic nitrogens is 4. The van der Waals surface area contributed by atoms with Crippen LogP contribution in [0.4, 0.5) is 0 Å². The van der Waals surface area contributed by atoms with Gasteiger partial charge in [0.05, 0.1) is 19.0 Å². The van der Waals surface area contributed by atoms with Crippen LogP contribution in [0, 0.1) is 6.42 Å². The first-order valence-corrected chi connectivity index (χ1v) is 8.99. The summed E-state index contributed by atoms with van der Waals surface area (Å²) in [6.45, 7) is 0. The van der Waals surface area contributed by atoms with E-state index in [1.807, 2.05) is 36.9 Å². The van der Waals surface area contributed by atoms with E-state index in [1.165, 1.54) is 0 Å². The van der Waals surface area contributed by atoms with Gasteiger partial charge in [0, 0.05) is 30.6 Å². The summed E-state index contributed by atoms with van der Waals surface area (Å²) in [5, 5.41) is 1.93. The van der Waals surface area contributed by atoms with E-state index in [1.54, 1.807) is 25.6 Å². The fraction of sp³-hybridized carbons (Fsp3) is 0.100. The second-order valence-corrected chi connectivity index (χ2v) is 6.75. The van der Waals surface area contributed by atoms with Gasteiger partial charge in [0.1, 0.15) is 21.7 Å². The van der Waals surface area contributed by atoms with Crippen molar-refractivity contribution in [2.75, 3.05) is 7.11 Å². The van der Waals surface area contributed by atoms with Crippen molar-refractivity contribution in [2.45, 2.75) is 6.42 Å². The van der Waals surface area contributed by atoms with E-state index in [0.29, 0.717) is 22.5 Å². The number of methoxy groups -OCH3 is 1. The molecule has 0 aliphatic carbocycles. The molecule has 0 aromatic carbocycles. The standard InChI is InChI=1S/C20H15Cl2N4O/c1-27-16-8-17-14(10-24-20(17)25-11-16)7-13-3-4-15(26-19(13)22)6-12-2-5-18(21)23-9-12/h2-6,8-11H,7H2,1H3,(H,24,25). The van der Waals surface area contributed by atoms with Crippen molar-refractivity contribution in [3.8, 4) is 5.75 Å². The highest BCUT2D eigenvalue weighted by Gasteiger charge is 2.11. The Morgan fingerprint density at radius 3 is 2.70 bits per heavy atom. The quantitative estimate of drug-likeness (QED) is 0.488. The fourth-order valence-electron chi connectivity index (χ4n) is 2.83. The third-order valence-electron chi connectivity index (χ3n) is 4.22. The van der Waals surface area contributed by atoms with Gasteiger partial charge in [-0.15, -0.1) is 0 Å². The molecule has 0 aliphatic heterocycles. The lowest BCUT2D eigenvalue weighted by atomic mass is 10.1. The molecule has 7 heteroatoms. The second kappa shape index (κ2) is 7.55. The maximum Gasteiger partial charge on any atom is 0.137 e. The number of pyridine rings is 3. The van der Waals surface area contributed by atoms with E-state index in [9.17, 15) is 0 Å². The number of aromatic amines is 1. The van der Waals surface area contributed by atoms with Crippen molar-refractivity contribution in [1.29, 1.82) is 0 Å². The molecule has 0 saturated carbocycles. The fourth-order valence-corrected chi connectivity index (χ4v) is 3.17. The number of hydrogen-bond donors (Lipinski definition) is 1. The predicted octanol–water partition coefficient (Wildman–Crippen LogP) is 4.86. The summed E-state index contributed by atoms with van der Waals surface area (Å²) >= 11 is 12.2. The van der Waals surface area contributed by atoms with E-state index in [0.717, 1.165) is 33.4 Å². The molecule has 4 heterocycles. The second-order valence-electron chi connectivity index (χ2n) is 6.01. The molecule has 27 heavy (non-hydrogen) atoms. The Morgan fingerprint density at radius 2 is 1.96 bits per heavy atom. The van der Waals surface area contributed by atoms with Crippen LogP contribution in [-0.4, -0.2) is 27.0 Å². The minimum atomic E-state index is 0.457. The largest absolute Gasteiger partial charge is 0.495 e. The number of nitrogens with one attached hydrogen (secondary N) is 1. The summed E-state index contributed by atoms with van der Waals surface area (Å²) in [5.74, 6) is 0.717. The van der Waals surface area contributed by atoms with E-state index in [2.05, 4.69) is 19.9 Å². The smallest absolute Gasteiger partial charge is 0.137 e. The summed E-state index contributed by atoms with van der Waals surface area (Å²) in [6.07, 6.45) is 7.86. The van der Waals surface area contributed by atoms with E-state index >= 15 is 0 Å². The molecule has 0 bridgehead atoms. The lowest BCUT2D eigenvalue weighted by Crippen LogP contribution is -1.96. The first-order chi connectivity index (χ1) is 13.1. The molecular formula is C20H15Cl2N4O. The highest BCUT2D eigenvalue weighted by molar-refractivity contribution is 6.30. The Hall–Kier alpha value is -2.63. The lowest BCUT2D eigenvalue weighted by Gasteiger charge is -2.07. The summed E-state index contributed by atoms with van der Waals surface area (Å²) < 4.78 is 5.27. The molecule has 1 N–H and O–H groups in total. The van der Waals surface area contributed by atoms with E-state index in [4.69, 9.17) is 27.9 Å². The SMILES string of the molecule is COc1cnc2[nH]cc(Cc3ccc([CH]c4ccc(Cl)nc4)nc3Cl)c2c1. The summed E-state index contributed by atoms with van der Waals surface area (Å²) in [4.78, 5) is 16.1. The molecule has 0 spiro atoms. The van der Waals surface area contributed by atoms with Gasteiger partial charge in [-0.1, -0.05) is 35.3 Å². The van der Waals surface area contributed by atoms with Gasteiger partial charge < -0.3 is 9.72 Å². The minimum Gasteiger partial charge on any atom is -0.495 e. The number of hydrogen-bond acceptors (Lipinski definition) is 4. The summed E-state index contributed by atoms with van der Waals surface area (Å²) in [6, 6.07) is 9.50. The molecule has 0 amide bonds. The molecule has 0 aliphatic rings. The normalized spacial score (nSPS) is 11.1. The Kier molecular flexibility index (Phi) is 4.97. The first-order valence-electron chi connectivity index (χ1n) is 8.24. The average Bonchev–Trinajstić information content (AvgIpc) is 3.08. The Morgan fingerprint density at radius 1 is 1.07 bits per heavy atom. The van der Waals surface area contributed by atoms with Gasteiger partial charge >= 0.3 is 0 Å². The topological polar surface area (TPSA) is 63.7 Å². The molecule has 0 saturated heterocycles. The highest BCUT2D eigenvalue weighted by Crippen LogP contribution is 2.26. The van der Waals surface area contributed by atoms with Gasteiger partial charge in [0.15, 0.2) is 0 Å². The lowest BCUT2D eigenvalue weighted by molar-refractivity contribution is 0.413. The Labute approximate surface area is 166 Å². The summed E-state index contributed by atoms with van der Waals surface area (Å²) in [5.41, 5.74) is 4.50. The number of halogens is 2. The molecule has 5 nitrogen and oxygen atoms in total. The zero-order valence-corrected chi connectivity index (χ0v) is 15.9. The number of ether oxygens (including phenoxy) is 1. The van der Waals surface area contributed by atoms with Crippen LogP contribution in [0.3, 0.4) is 0 Å². The number of nitrogens with zero attached hydrogens (tertiary/aromatic N) is 3. The zero-order valence-electron chi connectivity index (χ0n) is 14.4. The average molecular weight is 398 g/mol. The first kappa shape index (κ1) is 17.8.